The Bertz CT molecular complexity index is 713. The summed E-state index contributed by atoms with van der Waals surface area (Å²) in [6, 6.07) is 5.95. The number of likely N-dealkylation sites (N-methyl/N-ethyl adjacent to an activating group) is 2. The maximum absolute atomic E-state index is 4.67. The lowest BCUT2D eigenvalue weighted by atomic mass is 10.2. The molecule has 0 saturated carbocycles. The Morgan fingerprint density at radius 3 is 2.61 bits per heavy atom. The van der Waals surface area contributed by atoms with Crippen LogP contribution in [0.3, 0.4) is 0 Å². The van der Waals surface area contributed by atoms with E-state index >= 15 is 0 Å². The molecule has 1 saturated heterocycles. The second-order valence-electron chi connectivity index (χ2n) is 7.51. The molecule has 3 rings (SSSR count). The Balaban J connectivity index is 1.64. The van der Waals surface area contributed by atoms with Gasteiger partial charge in [0, 0.05) is 76.4 Å². The van der Waals surface area contributed by atoms with Crippen LogP contribution in [0.25, 0.3) is 11.3 Å². The summed E-state index contributed by atoms with van der Waals surface area (Å²) >= 11 is 0. The van der Waals surface area contributed by atoms with Crippen molar-refractivity contribution < 1.29 is 0 Å². The minimum absolute atomic E-state index is 0.644. The van der Waals surface area contributed by atoms with E-state index in [-0.39, 0.29) is 0 Å². The highest BCUT2D eigenvalue weighted by Gasteiger charge is 2.13. The molecule has 0 aliphatic carbocycles. The molecule has 0 amide bonds. The molecule has 28 heavy (non-hydrogen) atoms. The van der Waals surface area contributed by atoms with E-state index in [1.165, 1.54) is 0 Å². The molecule has 0 unspecified atom stereocenters. The zero-order valence-electron chi connectivity index (χ0n) is 17.2. The molecule has 0 radical (unpaired) electrons. The van der Waals surface area contributed by atoms with Gasteiger partial charge in [-0.15, -0.1) is 0 Å². The molecule has 2 N–H and O–H groups in total. The first-order valence-electron chi connectivity index (χ1n) is 9.93. The van der Waals surface area contributed by atoms with Crippen LogP contribution in [0.4, 0.5) is 11.8 Å². The molecule has 1 aliphatic heterocycles. The Hall–Kier alpha value is -2.29. The average molecular weight is 385 g/mol. The average Bonchev–Trinajstić information content (AvgIpc) is 2.70. The zero-order valence-corrected chi connectivity index (χ0v) is 17.2. The monoisotopic (exact) mass is 384 g/mol. The summed E-state index contributed by atoms with van der Waals surface area (Å²) in [4.78, 5) is 20.5. The van der Waals surface area contributed by atoms with Gasteiger partial charge in [0.2, 0.25) is 5.95 Å². The maximum Gasteiger partial charge on any atom is 0.225 e. The van der Waals surface area contributed by atoms with Crippen molar-refractivity contribution in [2.45, 2.75) is 0 Å². The van der Waals surface area contributed by atoms with Crippen molar-refractivity contribution in [3.63, 3.8) is 0 Å². The summed E-state index contributed by atoms with van der Waals surface area (Å²) < 4.78 is 0. The maximum atomic E-state index is 4.67. The zero-order chi connectivity index (χ0) is 19.8. The number of hydrogen-bond acceptors (Lipinski definition) is 8. The van der Waals surface area contributed by atoms with Crippen LogP contribution < -0.4 is 10.6 Å². The largest absolute Gasteiger partial charge is 0.369 e. The van der Waals surface area contributed by atoms with Crippen LogP contribution in [0.15, 0.2) is 30.6 Å². The van der Waals surface area contributed by atoms with Crippen molar-refractivity contribution >= 4 is 11.8 Å². The highest BCUT2D eigenvalue weighted by atomic mass is 15.3. The topological polar surface area (TPSA) is 72.5 Å². The fraction of sp³-hybridized carbons (Fsp3) is 0.550. The van der Waals surface area contributed by atoms with Crippen LogP contribution in [0.2, 0.25) is 0 Å². The van der Waals surface area contributed by atoms with E-state index in [1.807, 2.05) is 24.4 Å². The Kier molecular flexibility index (Phi) is 7.53. The van der Waals surface area contributed by atoms with Gasteiger partial charge in [-0.2, -0.15) is 4.98 Å². The van der Waals surface area contributed by atoms with E-state index in [4.69, 9.17) is 0 Å². The van der Waals surface area contributed by atoms with Gasteiger partial charge in [0.25, 0.3) is 0 Å². The lowest BCUT2D eigenvalue weighted by Gasteiger charge is -2.32. The number of anilines is 2. The molecule has 0 aromatic carbocycles. The van der Waals surface area contributed by atoms with Gasteiger partial charge in [-0.05, 0) is 33.3 Å². The summed E-state index contributed by atoms with van der Waals surface area (Å²) in [6.07, 6.45) is 3.61. The number of nitrogens with one attached hydrogen (secondary N) is 2. The van der Waals surface area contributed by atoms with Crippen LogP contribution in [-0.2, 0) is 0 Å². The van der Waals surface area contributed by atoms with Crippen molar-refractivity contribution in [1.82, 2.24) is 29.7 Å². The molecule has 8 nitrogen and oxygen atoms in total. The predicted octanol–water partition coefficient (Wildman–Crippen LogP) is 1.17. The smallest absolute Gasteiger partial charge is 0.225 e. The van der Waals surface area contributed by atoms with Crippen molar-refractivity contribution in [2.24, 2.45) is 0 Å². The van der Waals surface area contributed by atoms with Gasteiger partial charge < -0.3 is 20.4 Å². The lowest BCUT2D eigenvalue weighted by Crippen LogP contribution is -2.45. The normalized spacial score (nSPS) is 15.7. The molecule has 8 heteroatoms. The van der Waals surface area contributed by atoms with Crippen LogP contribution in [0, 0.1) is 0 Å². The van der Waals surface area contributed by atoms with E-state index < -0.39 is 0 Å². The lowest BCUT2D eigenvalue weighted by molar-refractivity contribution is 0.158. The van der Waals surface area contributed by atoms with Gasteiger partial charge in [0.15, 0.2) is 0 Å². The molecule has 152 valence electrons. The van der Waals surface area contributed by atoms with Crippen molar-refractivity contribution in [2.75, 3.05) is 84.1 Å². The second-order valence-corrected chi connectivity index (χ2v) is 7.51. The van der Waals surface area contributed by atoms with Gasteiger partial charge in [0.05, 0.1) is 5.69 Å². The molecular formula is C20H32N8. The third-order valence-electron chi connectivity index (χ3n) is 4.86. The molecular weight excluding hydrogens is 352 g/mol. The first-order chi connectivity index (χ1) is 13.6. The minimum atomic E-state index is 0.644. The Morgan fingerprint density at radius 2 is 1.89 bits per heavy atom. The highest BCUT2D eigenvalue weighted by Crippen LogP contribution is 2.20. The van der Waals surface area contributed by atoms with Gasteiger partial charge in [0.1, 0.15) is 5.82 Å². The van der Waals surface area contributed by atoms with E-state index in [0.29, 0.717) is 5.95 Å². The molecule has 0 spiro atoms. The third kappa shape index (κ3) is 6.40. The predicted molar refractivity (Wildman–Crippen MR) is 115 cm³/mol. The van der Waals surface area contributed by atoms with E-state index in [9.17, 15) is 0 Å². The molecule has 2 aromatic heterocycles. The molecule has 0 bridgehead atoms. The summed E-state index contributed by atoms with van der Waals surface area (Å²) in [7, 11) is 6.29. The number of hydrogen-bond donors (Lipinski definition) is 2. The Labute approximate surface area is 168 Å². The molecule has 0 atom stereocenters. The summed E-state index contributed by atoms with van der Waals surface area (Å²) in [5, 5.41) is 6.81. The molecule has 2 aromatic rings. The highest BCUT2D eigenvalue weighted by molar-refractivity contribution is 5.63. The van der Waals surface area contributed by atoms with Gasteiger partial charge >= 0.3 is 0 Å². The molecule has 3 heterocycles. The summed E-state index contributed by atoms with van der Waals surface area (Å²) in [5.41, 5.74) is 1.86. The number of nitrogens with zero attached hydrogens (tertiary/aromatic N) is 6. The van der Waals surface area contributed by atoms with E-state index in [2.05, 4.69) is 61.4 Å². The van der Waals surface area contributed by atoms with Crippen LogP contribution in [0.5, 0.6) is 0 Å². The first kappa shape index (κ1) is 20.4. The standard InChI is InChI=1S/C20H32N8/c1-26(2)9-7-23-20-24-18(17-5-4-6-21-16-17)15-19(25-20)22-8-10-28-13-11-27(3)12-14-28/h4-6,15-16H,7-14H2,1-3H3,(H2,22,23,24,25). The van der Waals surface area contributed by atoms with Crippen LogP contribution >= 0.6 is 0 Å². The minimum Gasteiger partial charge on any atom is -0.369 e. The fourth-order valence-electron chi connectivity index (χ4n) is 3.08. The Morgan fingerprint density at radius 1 is 1.07 bits per heavy atom. The SMILES string of the molecule is CN(C)CCNc1nc(NCCN2CCN(C)CC2)cc(-c2cccnc2)n1. The van der Waals surface area contributed by atoms with E-state index in [0.717, 1.165) is 69.4 Å². The quantitative estimate of drug-likeness (QED) is 0.668. The molecule has 1 fully saturated rings. The van der Waals surface area contributed by atoms with Crippen molar-refractivity contribution in [1.29, 1.82) is 0 Å². The van der Waals surface area contributed by atoms with Crippen LogP contribution in [-0.4, -0.2) is 103 Å². The summed E-state index contributed by atoms with van der Waals surface area (Å²) in [6.45, 7) is 8.13. The third-order valence-corrected chi connectivity index (χ3v) is 4.86. The summed E-state index contributed by atoms with van der Waals surface area (Å²) in [5.74, 6) is 1.49. The number of pyridine rings is 1. The van der Waals surface area contributed by atoms with E-state index in [1.54, 1.807) is 6.20 Å². The van der Waals surface area contributed by atoms with Gasteiger partial charge in [-0.25, -0.2) is 4.98 Å². The van der Waals surface area contributed by atoms with Gasteiger partial charge in [-0.3, -0.25) is 9.88 Å². The van der Waals surface area contributed by atoms with Crippen molar-refractivity contribution in [3.05, 3.63) is 30.6 Å². The van der Waals surface area contributed by atoms with Crippen LogP contribution in [0.1, 0.15) is 0 Å². The fourth-order valence-corrected chi connectivity index (χ4v) is 3.08. The number of piperazine rings is 1. The molecule has 1 aliphatic rings. The second kappa shape index (κ2) is 10.3. The first-order valence-corrected chi connectivity index (χ1v) is 9.93. The number of aromatic nitrogens is 3. The number of rotatable bonds is 9. The van der Waals surface area contributed by atoms with Gasteiger partial charge in [-0.1, -0.05) is 0 Å². The van der Waals surface area contributed by atoms with Crippen molar-refractivity contribution in [3.8, 4) is 11.3 Å².